The van der Waals surface area contributed by atoms with Gasteiger partial charge >= 0.3 is 0 Å². The average molecular weight is 465 g/mol. The number of carbonyl (C=O) groups excluding carboxylic acids is 1. The summed E-state index contributed by atoms with van der Waals surface area (Å²) in [5.41, 5.74) is 3.65. The van der Waals surface area contributed by atoms with E-state index >= 15 is 0 Å². The number of fused-ring (bicyclic) bond motifs is 1. The third-order valence-electron chi connectivity index (χ3n) is 5.26. The van der Waals surface area contributed by atoms with E-state index in [1.807, 2.05) is 24.7 Å². The molecule has 10 heteroatoms. The summed E-state index contributed by atoms with van der Waals surface area (Å²) in [5, 5.41) is 7.06. The summed E-state index contributed by atoms with van der Waals surface area (Å²) in [5.74, 6) is 0.576. The van der Waals surface area contributed by atoms with Gasteiger partial charge in [-0.2, -0.15) is 0 Å². The van der Waals surface area contributed by atoms with Crippen molar-refractivity contribution in [2.75, 3.05) is 5.32 Å². The largest absolute Gasteiger partial charge is 0.343 e. The Morgan fingerprint density at radius 1 is 1.15 bits per heavy atom. The van der Waals surface area contributed by atoms with E-state index in [9.17, 15) is 4.79 Å². The number of nitrogens with zero attached hydrogens (tertiary/aromatic N) is 6. The molecule has 0 saturated heterocycles. The molecule has 0 saturated carbocycles. The smallest absolute Gasteiger partial charge is 0.270 e. The molecule has 172 valence electrons. The zero-order chi connectivity index (χ0) is 23.8. The molecule has 4 heterocycles. The molecule has 1 unspecified atom stereocenters. The first kappa shape index (κ1) is 22.8. The highest BCUT2D eigenvalue weighted by atomic mass is 32.1. The lowest BCUT2D eigenvalue weighted by Crippen LogP contribution is -2.26. The molecule has 2 N–H and O–H groups in total. The van der Waals surface area contributed by atoms with Gasteiger partial charge in [-0.3, -0.25) is 4.79 Å². The number of imidazole rings is 1. The Balaban J connectivity index is 1.46. The summed E-state index contributed by atoms with van der Waals surface area (Å²) >= 11 is 1.48. The number of rotatable bonds is 6. The Kier molecular flexibility index (Phi) is 6.11. The summed E-state index contributed by atoms with van der Waals surface area (Å²) in [6, 6.07) is 1.53. The highest BCUT2D eigenvalue weighted by molar-refractivity contribution is 7.15. The molecule has 1 atom stereocenters. The number of hydrogen-bond donors (Lipinski definition) is 2. The monoisotopic (exact) mass is 464 g/mol. The van der Waals surface area contributed by atoms with Gasteiger partial charge in [-0.1, -0.05) is 39.0 Å². The van der Waals surface area contributed by atoms with Gasteiger partial charge in [-0.15, -0.1) is 0 Å². The molecule has 0 fully saturated rings. The molecule has 1 amide bonds. The molecule has 0 bridgehead atoms. The molecule has 0 aliphatic rings. The minimum atomic E-state index is -0.243. The summed E-state index contributed by atoms with van der Waals surface area (Å²) in [4.78, 5) is 35.9. The Labute approximate surface area is 196 Å². The van der Waals surface area contributed by atoms with Gasteiger partial charge in [0.25, 0.3) is 5.91 Å². The molecule has 0 aliphatic heterocycles. The maximum atomic E-state index is 12.7. The van der Waals surface area contributed by atoms with Crippen LogP contribution < -0.4 is 10.6 Å². The Bertz CT molecular complexity index is 1300. The van der Waals surface area contributed by atoms with Crippen LogP contribution >= 0.6 is 11.3 Å². The molecule has 33 heavy (non-hydrogen) atoms. The lowest BCUT2D eigenvalue weighted by molar-refractivity contribution is 0.0935. The first-order chi connectivity index (χ1) is 15.7. The molecule has 0 aromatic carbocycles. The standard InChI is InChI=1S/C23H28N8OS/c1-7-14-16(9-25-21(29-14)23(3,4)5)30-22-26-11-19(33-22)13(2)28-20(32)15-8-18-17(10-24-15)27-12-31(18)6/h8-13H,7H2,1-6H3,(H,26,30)(H,28,32). The number of hydrogen-bond acceptors (Lipinski definition) is 8. The van der Waals surface area contributed by atoms with E-state index in [1.165, 1.54) is 11.3 Å². The van der Waals surface area contributed by atoms with E-state index in [0.29, 0.717) is 5.69 Å². The lowest BCUT2D eigenvalue weighted by atomic mass is 9.95. The number of aryl methyl sites for hydroxylation is 2. The Morgan fingerprint density at radius 2 is 1.94 bits per heavy atom. The van der Waals surface area contributed by atoms with Gasteiger partial charge in [0.1, 0.15) is 17.0 Å². The van der Waals surface area contributed by atoms with E-state index in [4.69, 9.17) is 4.98 Å². The third-order valence-corrected chi connectivity index (χ3v) is 6.35. The van der Waals surface area contributed by atoms with Gasteiger partial charge in [0.2, 0.25) is 0 Å². The van der Waals surface area contributed by atoms with Crippen molar-refractivity contribution in [1.82, 2.24) is 34.8 Å². The zero-order valence-corrected chi connectivity index (χ0v) is 20.5. The molecule has 9 nitrogen and oxygen atoms in total. The predicted octanol–water partition coefficient (Wildman–Crippen LogP) is 4.31. The Morgan fingerprint density at radius 3 is 2.67 bits per heavy atom. The molecule has 0 aliphatic carbocycles. The van der Waals surface area contributed by atoms with Crippen molar-refractivity contribution >= 4 is 39.1 Å². The van der Waals surface area contributed by atoms with Gasteiger partial charge in [-0.25, -0.2) is 24.9 Å². The van der Waals surface area contributed by atoms with Crippen LogP contribution in [-0.4, -0.2) is 35.4 Å². The zero-order valence-electron chi connectivity index (χ0n) is 19.7. The fourth-order valence-electron chi connectivity index (χ4n) is 3.31. The van der Waals surface area contributed by atoms with E-state index in [-0.39, 0.29) is 17.4 Å². The summed E-state index contributed by atoms with van der Waals surface area (Å²) < 4.78 is 1.86. The van der Waals surface area contributed by atoms with Crippen molar-refractivity contribution in [2.24, 2.45) is 7.05 Å². The van der Waals surface area contributed by atoms with Crippen LogP contribution in [0.4, 0.5) is 10.8 Å². The topological polar surface area (TPSA) is 111 Å². The number of nitrogens with one attached hydrogen (secondary N) is 2. The van der Waals surface area contributed by atoms with E-state index < -0.39 is 0 Å². The fourth-order valence-corrected chi connectivity index (χ4v) is 4.14. The van der Waals surface area contributed by atoms with Crippen molar-refractivity contribution in [1.29, 1.82) is 0 Å². The number of aromatic nitrogens is 6. The fraction of sp³-hybridized carbons (Fsp3) is 0.391. The Hall–Kier alpha value is -3.40. The van der Waals surface area contributed by atoms with Crippen molar-refractivity contribution in [3.05, 3.63) is 53.1 Å². The second kappa shape index (κ2) is 8.86. The third kappa shape index (κ3) is 4.85. The van der Waals surface area contributed by atoms with Crippen molar-refractivity contribution < 1.29 is 4.79 Å². The summed E-state index contributed by atoms with van der Waals surface area (Å²) in [7, 11) is 1.89. The molecule has 0 spiro atoms. The molecular formula is C23H28N8OS. The van der Waals surface area contributed by atoms with Gasteiger partial charge < -0.3 is 15.2 Å². The van der Waals surface area contributed by atoms with Crippen LogP contribution in [0.1, 0.15) is 67.5 Å². The summed E-state index contributed by atoms with van der Waals surface area (Å²) in [6.45, 7) is 10.3. The second-order valence-electron chi connectivity index (χ2n) is 8.96. The van der Waals surface area contributed by atoms with Crippen LogP contribution in [0.5, 0.6) is 0 Å². The minimum Gasteiger partial charge on any atom is -0.343 e. The number of anilines is 2. The van der Waals surface area contributed by atoms with Gasteiger partial charge in [0.05, 0.1) is 41.7 Å². The normalized spacial score (nSPS) is 12.7. The van der Waals surface area contributed by atoms with Crippen LogP contribution in [0.15, 0.2) is 31.0 Å². The second-order valence-corrected chi connectivity index (χ2v) is 10.0. The van der Waals surface area contributed by atoms with E-state index in [1.54, 1.807) is 24.8 Å². The van der Waals surface area contributed by atoms with Crippen molar-refractivity contribution in [2.45, 2.75) is 52.5 Å². The first-order valence-electron chi connectivity index (χ1n) is 10.8. The number of pyridine rings is 1. The molecule has 4 rings (SSSR count). The average Bonchev–Trinajstić information content (AvgIpc) is 3.40. The molecule has 0 radical (unpaired) electrons. The number of carbonyl (C=O) groups is 1. The SMILES string of the molecule is CCc1nc(C(C)(C)C)ncc1Nc1ncc(C(C)NC(=O)c2cc3c(cn2)ncn3C)s1. The maximum absolute atomic E-state index is 12.7. The highest BCUT2D eigenvalue weighted by Crippen LogP contribution is 2.29. The van der Waals surface area contributed by atoms with Crippen LogP contribution in [0.3, 0.4) is 0 Å². The van der Waals surface area contributed by atoms with Crippen LogP contribution in [0.2, 0.25) is 0 Å². The molecular weight excluding hydrogens is 436 g/mol. The number of amides is 1. The van der Waals surface area contributed by atoms with E-state index in [0.717, 1.165) is 44.7 Å². The van der Waals surface area contributed by atoms with E-state index in [2.05, 4.69) is 58.3 Å². The maximum Gasteiger partial charge on any atom is 0.270 e. The summed E-state index contributed by atoms with van der Waals surface area (Å²) in [6.07, 6.45) is 7.69. The quantitative estimate of drug-likeness (QED) is 0.437. The highest BCUT2D eigenvalue weighted by Gasteiger charge is 2.20. The van der Waals surface area contributed by atoms with Crippen molar-refractivity contribution in [3.63, 3.8) is 0 Å². The molecule has 4 aromatic rings. The van der Waals surface area contributed by atoms with Crippen LogP contribution in [0.25, 0.3) is 11.0 Å². The van der Waals surface area contributed by atoms with Gasteiger partial charge in [0.15, 0.2) is 5.13 Å². The van der Waals surface area contributed by atoms with Gasteiger partial charge in [-0.05, 0) is 19.4 Å². The van der Waals surface area contributed by atoms with Crippen LogP contribution in [0, 0.1) is 0 Å². The van der Waals surface area contributed by atoms with Crippen LogP contribution in [-0.2, 0) is 18.9 Å². The number of thiazole rings is 1. The molecule has 4 aromatic heterocycles. The van der Waals surface area contributed by atoms with Crippen molar-refractivity contribution in [3.8, 4) is 0 Å². The lowest BCUT2D eigenvalue weighted by Gasteiger charge is -2.18. The first-order valence-corrected chi connectivity index (χ1v) is 11.6. The predicted molar refractivity (Wildman–Crippen MR) is 130 cm³/mol. The minimum absolute atomic E-state index is 0.111. The van der Waals surface area contributed by atoms with Gasteiger partial charge in [0, 0.05) is 23.5 Å².